The summed E-state index contributed by atoms with van der Waals surface area (Å²) in [5, 5.41) is 0. The van der Waals surface area contributed by atoms with Gasteiger partial charge in [-0.05, 0) is 109 Å². The molecular weight excluding hydrogens is 434 g/mol. The molecule has 4 heteroatoms. The standard InChI is InChI=1S/C31H37NO3/c1-17(16-32-28(34)19-6-4-5-7-20(19)29(32)35)23-8-9-24-27-22-15-21(22)26-14-18(33)10-12-31(26,3)25(27)11-13-30(23,24)2/h4-7,14,17,21-25,27H,8-13,15-16H2,1-3H3/t17-,21+,22-,23?,24?,25?,27?,30-,31-/m1/s1. The van der Waals surface area contributed by atoms with E-state index >= 15 is 0 Å². The summed E-state index contributed by atoms with van der Waals surface area (Å²) < 4.78 is 0. The Hall–Kier alpha value is -2.23. The van der Waals surface area contributed by atoms with Crippen LogP contribution in [-0.2, 0) is 4.79 Å². The molecule has 0 spiro atoms. The average Bonchev–Trinajstić information content (AvgIpc) is 3.51. The number of amides is 2. The summed E-state index contributed by atoms with van der Waals surface area (Å²) in [5.74, 6) is 4.64. The first-order chi connectivity index (χ1) is 16.7. The molecule has 4 unspecified atom stereocenters. The zero-order valence-electron chi connectivity index (χ0n) is 21.3. The first-order valence-corrected chi connectivity index (χ1v) is 13.9. The van der Waals surface area contributed by atoms with Gasteiger partial charge in [0.25, 0.3) is 11.8 Å². The van der Waals surface area contributed by atoms with Crippen molar-refractivity contribution in [1.29, 1.82) is 0 Å². The van der Waals surface area contributed by atoms with Crippen molar-refractivity contribution in [2.24, 2.45) is 52.3 Å². The zero-order valence-corrected chi connectivity index (χ0v) is 21.3. The quantitative estimate of drug-likeness (QED) is 0.514. The number of hydrogen-bond acceptors (Lipinski definition) is 3. The summed E-state index contributed by atoms with van der Waals surface area (Å²) >= 11 is 0. The van der Waals surface area contributed by atoms with Gasteiger partial charge in [0.15, 0.2) is 5.78 Å². The van der Waals surface area contributed by atoms with E-state index in [1.807, 2.05) is 12.1 Å². The third kappa shape index (κ3) is 2.83. The molecule has 1 aromatic carbocycles. The molecule has 4 nitrogen and oxygen atoms in total. The van der Waals surface area contributed by atoms with Crippen molar-refractivity contribution in [2.45, 2.75) is 65.7 Å². The maximum Gasteiger partial charge on any atom is 0.261 e. The van der Waals surface area contributed by atoms with Gasteiger partial charge in [0.1, 0.15) is 0 Å². The SMILES string of the molecule is C[C@H](CN1C(=O)c2ccccc2C1=O)C1CCC2C3C(CC[C@@]21C)[C@@]1(C)CCC(=O)C=C1[C@H]1C[C@@H]31. The third-order valence-corrected chi connectivity index (χ3v) is 11.9. The van der Waals surface area contributed by atoms with Gasteiger partial charge in [-0.15, -0.1) is 0 Å². The van der Waals surface area contributed by atoms with Crippen LogP contribution in [0.5, 0.6) is 0 Å². The molecule has 0 bridgehead atoms. The third-order valence-electron chi connectivity index (χ3n) is 11.9. The highest BCUT2D eigenvalue weighted by molar-refractivity contribution is 6.21. The number of carbonyl (C=O) groups excluding carboxylic acids is 3. The van der Waals surface area contributed by atoms with Gasteiger partial charge < -0.3 is 0 Å². The minimum atomic E-state index is -0.118. The molecular formula is C31H37NO3. The number of fused-ring (bicyclic) bond motifs is 9. The van der Waals surface area contributed by atoms with Crippen molar-refractivity contribution in [1.82, 2.24) is 4.90 Å². The topological polar surface area (TPSA) is 54.5 Å². The molecule has 184 valence electrons. The van der Waals surface area contributed by atoms with Crippen LogP contribution in [-0.4, -0.2) is 29.0 Å². The van der Waals surface area contributed by atoms with Crippen LogP contribution in [0.1, 0.15) is 86.4 Å². The fourth-order valence-corrected chi connectivity index (χ4v) is 10.2. The summed E-state index contributed by atoms with van der Waals surface area (Å²) in [6.07, 6.45) is 10.1. The zero-order chi connectivity index (χ0) is 24.3. The smallest absolute Gasteiger partial charge is 0.261 e. The lowest BCUT2D eigenvalue weighted by atomic mass is 9.46. The van der Waals surface area contributed by atoms with Crippen LogP contribution in [0.3, 0.4) is 0 Å². The number of ketones is 1. The Labute approximate surface area is 208 Å². The van der Waals surface area contributed by atoms with Gasteiger partial charge in [-0.2, -0.15) is 0 Å². The molecule has 35 heavy (non-hydrogen) atoms. The summed E-state index contributed by atoms with van der Waals surface area (Å²) in [4.78, 5) is 39.8. The Balaban J connectivity index is 1.14. The molecule has 2 amide bonds. The predicted molar refractivity (Wildman–Crippen MR) is 134 cm³/mol. The normalized spacial score (nSPS) is 44.1. The Morgan fingerprint density at radius 3 is 2.40 bits per heavy atom. The molecule has 4 fully saturated rings. The molecule has 1 aromatic rings. The van der Waals surface area contributed by atoms with Crippen LogP contribution >= 0.6 is 0 Å². The Morgan fingerprint density at radius 1 is 0.971 bits per heavy atom. The Kier molecular flexibility index (Phi) is 4.51. The number of rotatable bonds is 3. The second-order valence-corrected chi connectivity index (χ2v) is 13.3. The molecule has 4 saturated carbocycles. The van der Waals surface area contributed by atoms with Crippen molar-refractivity contribution in [3.8, 4) is 0 Å². The van der Waals surface area contributed by atoms with Crippen molar-refractivity contribution >= 4 is 17.6 Å². The highest BCUT2D eigenvalue weighted by atomic mass is 16.2. The first-order valence-electron chi connectivity index (χ1n) is 13.9. The summed E-state index contributed by atoms with van der Waals surface area (Å²) in [7, 11) is 0. The number of benzene rings is 1. The van der Waals surface area contributed by atoms with Crippen LogP contribution in [0.25, 0.3) is 0 Å². The van der Waals surface area contributed by atoms with E-state index in [1.54, 1.807) is 12.1 Å². The fraction of sp³-hybridized carbons (Fsp3) is 0.645. The van der Waals surface area contributed by atoms with E-state index < -0.39 is 0 Å². The van der Waals surface area contributed by atoms with Crippen molar-refractivity contribution in [3.05, 3.63) is 47.0 Å². The maximum absolute atomic E-state index is 13.0. The van der Waals surface area contributed by atoms with Gasteiger partial charge in [-0.25, -0.2) is 0 Å². The van der Waals surface area contributed by atoms with Crippen molar-refractivity contribution < 1.29 is 14.4 Å². The van der Waals surface area contributed by atoms with Gasteiger partial charge in [0.2, 0.25) is 0 Å². The molecule has 0 aromatic heterocycles. The maximum atomic E-state index is 13.0. The fourth-order valence-electron chi connectivity index (χ4n) is 10.2. The monoisotopic (exact) mass is 471 g/mol. The highest BCUT2D eigenvalue weighted by Gasteiger charge is 2.67. The van der Waals surface area contributed by atoms with Crippen molar-refractivity contribution in [2.75, 3.05) is 6.54 Å². The van der Waals surface area contributed by atoms with Gasteiger partial charge in [-0.3, -0.25) is 19.3 Å². The van der Waals surface area contributed by atoms with E-state index in [1.165, 1.54) is 42.6 Å². The molecule has 1 aliphatic heterocycles. The van der Waals surface area contributed by atoms with Crippen LogP contribution in [0, 0.1) is 52.3 Å². The Bertz CT molecular complexity index is 1150. The van der Waals surface area contributed by atoms with E-state index in [0.717, 1.165) is 30.6 Å². The van der Waals surface area contributed by atoms with E-state index in [4.69, 9.17) is 0 Å². The van der Waals surface area contributed by atoms with Crippen LogP contribution < -0.4 is 0 Å². The highest BCUT2D eigenvalue weighted by Crippen LogP contribution is 2.74. The van der Waals surface area contributed by atoms with E-state index in [2.05, 4.69) is 26.8 Å². The lowest BCUT2D eigenvalue weighted by Gasteiger charge is -2.58. The molecule has 5 aliphatic carbocycles. The molecule has 0 radical (unpaired) electrons. The number of imide groups is 1. The summed E-state index contributed by atoms with van der Waals surface area (Å²) in [6.45, 7) is 7.84. The number of hydrogen-bond donors (Lipinski definition) is 0. The number of nitrogens with zero attached hydrogens (tertiary/aromatic N) is 1. The summed E-state index contributed by atoms with van der Waals surface area (Å²) in [5.41, 5.74) is 3.14. The molecule has 6 aliphatic rings. The predicted octanol–water partition coefficient (Wildman–Crippen LogP) is 5.92. The Morgan fingerprint density at radius 2 is 1.69 bits per heavy atom. The van der Waals surface area contributed by atoms with E-state index in [-0.39, 0.29) is 22.6 Å². The van der Waals surface area contributed by atoms with E-state index in [9.17, 15) is 14.4 Å². The largest absolute Gasteiger partial charge is 0.295 e. The number of carbonyl (C=O) groups is 3. The summed E-state index contributed by atoms with van der Waals surface area (Å²) in [6, 6.07) is 7.25. The molecule has 7 rings (SSSR count). The number of allylic oxidation sites excluding steroid dienone is 1. The minimum absolute atomic E-state index is 0.118. The average molecular weight is 472 g/mol. The first kappa shape index (κ1) is 22.0. The van der Waals surface area contributed by atoms with Gasteiger partial charge in [0.05, 0.1) is 11.1 Å². The van der Waals surface area contributed by atoms with Crippen LogP contribution in [0.4, 0.5) is 0 Å². The lowest BCUT2D eigenvalue weighted by Crippen LogP contribution is -2.52. The van der Waals surface area contributed by atoms with Gasteiger partial charge in [-0.1, -0.05) is 38.5 Å². The van der Waals surface area contributed by atoms with Crippen LogP contribution in [0.15, 0.2) is 35.9 Å². The molecule has 1 heterocycles. The van der Waals surface area contributed by atoms with Crippen LogP contribution in [0.2, 0.25) is 0 Å². The van der Waals surface area contributed by atoms with Gasteiger partial charge >= 0.3 is 0 Å². The molecule has 0 saturated heterocycles. The minimum Gasteiger partial charge on any atom is -0.295 e. The molecule has 0 N–H and O–H groups in total. The van der Waals surface area contributed by atoms with Gasteiger partial charge in [0, 0.05) is 13.0 Å². The van der Waals surface area contributed by atoms with Crippen molar-refractivity contribution in [3.63, 3.8) is 0 Å². The second kappa shape index (κ2) is 7.17. The molecule has 9 atom stereocenters. The lowest BCUT2D eigenvalue weighted by molar-refractivity contribution is -0.117. The second-order valence-electron chi connectivity index (χ2n) is 13.3. The van der Waals surface area contributed by atoms with E-state index in [0.29, 0.717) is 47.1 Å².